The molecule has 1 unspecified atom stereocenters. The van der Waals surface area contributed by atoms with Crippen LogP contribution in [0.3, 0.4) is 0 Å². The maximum atomic E-state index is 11.5. The van der Waals surface area contributed by atoms with Crippen molar-refractivity contribution in [2.75, 3.05) is 18.8 Å². The molecule has 0 saturated heterocycles. The number of carbonyl (C=O) groups is 1. The zero-order valence-electron chi connectivity index (χ0n) is 12.3. The maximum Gasteiger partial charge on any atom is 0.230 e. The van der Waals surface area contributed by atoms with E-state index < -0.39 is 0 Å². The highest BCUT2D eigenvalue weighted by Gasteiger charge is 2.06. The molecule has 1 aromatic rings. The van der Waals surface area contributed by atoms with Crippen LogP contribution in [0, 0.1) is 0 Å². The molecule has 4 heteroatoms. The summed E-state index contributed by atoms with van der Waals surface area (Å²) in [6, 6.07) is 8.70. The fraction of sp³-hybridized carbons (Fsp3) is 0.438. The fourth-order valence-corrected chi connectivity index (χ4v) is 2.53. The predicted octanol–water partition coefficient (Wildman–Crippen LogP) is 3.14. The quantitative estimate of drug-likeness (QED) is 0.543. The molecule has 0 spiro atoms. The smallest absolute Gasteiger partial charge is 0.230 e. The van der Waals surface area contributed by atoms with Gasteiger partial charge in [-0.25, -0.2) is 0 Å². The summed E-state index contributed by atoms with van der Waals surface area (Å²) < 4.78 is 0. The van der Waals surface area contributed by atoms with E-state index in [0.29, 0.717) is 18.3 Å². The van der Waals surface area contributed by atoms with Crippen molar-refractivity contribution in [2.45, 2.75) is 31.2 Å². The minimum Gasteiger partial charge on any atom is -0.352 e. The second-order valence-electron chi connectivity index (χ2n) is 4.63. The minimum atomic E-state index is 0.0393. The van der Waals surface area contributed by atoms with Gasteiger partial charge in [0.25, 0.3) is 0 Å². The molecule has 0 heterocycles. The Bertz CT molecular complexity index is 434. The van der Waals surface area contributed by atoms with Crippen molar-refractivity contribution in [2.24, 2.45) is 0 Å². The largest absolute Gasteiger partial charge is 0.352 e. The number of hydrogen-bond donors (Lipinski definition) is 2. The SMILES string of the molecule is C=CCNC(=O)CSc1cccc(C(C)NCCC)c1. The number of amides is 1. The van der Waals surface area contributed by atoms with E-state index in [1.165, 1.54) is 5.56 Å². The molecule has 0 radical (unpaired) electrons. The number of hydrogen-bond acceptors (Lipinski definition) is 3. The van der Waals surface area contributed by atoms with Crippen molar-refractivity contribution in [1.82, 2.24) is 10.6 Å². The van der Waals surface area contributed by atoms with Gasteiger partial charge in [0, 0.05) is 17.5 Å². The molecule has 1 aromatic carbocycles. The summed E-state index contributed by atoms with van der Waals surface area (Å²) in [7, 11) is 0. The summed E-state index contributed by atoms with van der Waals surface area (Å²) in [6.45, 7) is 9.44. The molecule has 1 amide bonds. The van der Waals surface area contributed by atoms with Gasteiger partial charge in [-0.3, -0.25) is 4.79 Å². The van der Waals surface area contributed by atoms with Crippen LogP contribution in [0.5, 0.6) is 0 Å². The standard InChI is InChI=1S/C16H24N2OS/c1-4-9-17-13(3)14-7-6-8-15(11-14)20-12-16(19)18-10-5-2/h5-8,11,13,17H,2,4,9-10,12H2,1,3H3,(H,18,19). The van der Waals surface area contributed by atoms with Gasteiger partial charge in [0.05, 0.1) is 5.75 Å². The first kappa shape index (κ1) is 16.8. The number of thioether (sulfide) groups is 1. The Morgan fingerprint density at radius 2 is 2.30 bits per heavy atom. The molecule has 0 aromatic heterocycles. The molecular weight excluding hydrogens is 268 g/mol. The molecule has 110 valence electrons. The lowest BCUT2D eigenvalue weighted by molar-refractivity contribution is -0.118. The molecule has 0 aliphatic carbocycles. The summed E-state index contributed by atoms with van der Waals surface area (Å²) >= 11 is 1.56. The molecular formula is C16H24N2OS. The number of nitrogens with one attached hydrogen (secondary N) is 2. The first-order valence-electron chi connectivity index (χ1n) is 7.01. The van der Waals surface area contributed by atoms with Gasteiger partial charge in [-0.05, 0) is 37.6 Å². The van der Waals surface area contributed by atoms with Gasteiger partial charge in [-0.15, -0.1) is 18.3 Å². The fourth-order valence-electron chi connectivity index (χ4n) is 1.74. The second-order valence-corrected chi connectivity index (χ2v) is 5.68. The number of benzene rings is 1. The van der Waals surface area contributed by atoms with Crippen LogP contribution >= 0.6 is 11.8 Å². The Kier molecular flexibility index (Phi) is 8.07. The highest BCUT2D eigenvalue weighted by atomic mass is 32.2. The molecule has 3 nitrogen and oxygen atoms in total. The molecule has 0 bridgehead atoms. The summed E-state index contributed by atoms with van der Waals surface area (Å²) in [4.78, 5) is 12.7. The first-order chi connectivity index (χ1) is 9.67. The van der Waals surface area contributed by atoms with Crippen LogP contribution in [-0.4, -0.2) is 24.7 Å². The summed E-state index contributed by atoms with van der Waals surface area (Å²) in [5.74, 6) is 0.478. The van der Waals surface area contributed by atoms with Crippen molar-refractivity contribution in [3.8, 4) is 0 Å². The third-order valence-electron chi connectivity index (χ3n) is 2.87. The molecule has 1 atom stereocenters. The number of rotatable bonds is 9. The van der Waals surface area contributed by atoms with E-state index in [4.69, 9.17) is 0 Å². The predicted molar refractivity (Wildman–Crippen MR) is 87.1 cm³/mol. The van der Waals surface area contributed by atoms with E-state index in [2.05, 4.69) is 43.2 Å². The van der Waals surface area contributed by atoms with Crippen LogP contribution in [0.15, 0.2) is 41.8 Å². The average molecular weight is 292 g/mol. The van der Waals surface area contributed by atoms with Gasteiger partial charge < -0.3 is 10.6 Å². The summed E-state index contributed by atoms with van der Waals surface area (Å²) in [6.07, 6.45) is 2.81. The first-order valence-corrected chi connectivity index (χ1v) is 7.99. The lowest BCUT2D eigenvalue weighted by Gasteiger charge is -2.14. The number of carbonyl (C=O) groups excluding carboxylic acids is 1. The third kappa shape index (κ3) is 6.26. The van der Waals surface area contributed by atoms with E-state index in [-0.39, 0.29) is 5.91 Å². The van der Waals surface area contributed by atoms with Crippen molar-refractivity contribution in [3.05, 3.63) is 42.5 Å². The van der Waals surface area contributed by atoms with E-state index in [9.17, 15) is 4.79 Å². The Balaban J connectivity index is 2.50. The van der Waals surface area contributed by atoms with Gasteiger partial charge >= 0.3 is 0 Å². The Morgan fingerprint density at radius 3 is 3.00 bits per heavy atom. The van der Waals surface area contributed by atoms with Crippen LogP contribution in [0.1, 0.15) is 31.9 Å². The van der Waals surface area contributed by atoms with Crippen molar-refractivity contribution >= 4 is 17.7 Å². The van der Waals surface area contributed by atoms with Crippen LogP contribution < -0.4 is 10.6 Å². The van der Waals surface area contributed by atoms with Crippen molar-refractivity contribution in [1.29, 1.82) is 0 Å². The Labute approximate surface area is 126 Å². The van der Waals surface area contributed by atoms with Crippen LogP contribution in [0.2, 0.25) is 0 Å². The molecule has 0 saturated carbocycles. The van der Waals surface area contributed by atoms with Gasteiger partial charge in [0.15, 0.2) is 0 Å². The summed E-state index contributed by atoms with van der Waals surface area (Å²) in [5.41, 5.74) is 1.26. The zero-order chi connectivity index (χ0) is 14.8. The second kappa shape index (κ2) is 9.61. The van der Waals surface area contributed by atoms with Gasteiger partial charge in [0.1, 0.15) is 0 Å². The van der Waals surface area contributed by atoms with E-state index >= 15 is 0 Å². The minimum absolute atomic E-state index is 0.0393. The Hall–Kier alpha value is -1.26. The van der Waals surface area contributed by atoms with E-state index in [1.54, 1.807) is 17.8 Å². The molecule has 0 aliphatic rings. The van der Waals surface area contributed by atoms with Gasteiger partial charge in [0.2, 0.25) is 5.91 Å². The van der Waals surface area contributed by atoms with Crippen LogP contribution in [0.4, 0.5) is 0 Å². The average Bonchev–Trinajstić information content (AvgIpc) is 2.48. The monoisotopic (exact) mass is 292 g/mol. The molecule has 0 fully saturated rings. The highest BCUT2D eigenvalue weighted by Crippen LogP contribution is 2.22. The molecule has 0 aliphatic heterocycles. The maximum absolute atomic E-state index is 11.5. The summed E-state index contributed by atoms with van der Waals surface area (Å²) in [5, 5.41) is 6.25. The topological polar surface area (TPSA) is 41.1 Å². The van der Waals surface area contributed by atoms with Crippen molar-refractivity contribution in [3.63, 3.8) is 0 Å². The van der Waals surface area contributed by atoms with E-state index in [0.717, 1.165) is 17.9 Å². The molecule has 2 N–H and O–H groups in total. The third-order valence-corrected chi connectivity index (χ3v) is 3.87. The molecule has 20 heavy (non-hydrogen) atoms. The van der Waals surface area contributed by atoms with E-state index in [1.807, 2.05) is 12.1 Å². The van der Waals surface area contributed by atoms with Crippen molar-refractivity contribution < 1.29 is 4.79 Å². The highest BCUT2D eigenvalue weighted by molar-refractivity contribution is 8.00. The van der Waals surface area contributed by atoms with Gasteiger partial charge in [-0.1, -0.05) is 25.1 Å². The van der Waals surface area contributed by atoms with Gasteiger partial charge in [-0.2, -0.15) is 0 Å². The van der Waals surface area contributed by atoms with Crippen LogP contribution in [0.25, 0.3) is 0 Å². The zero-order valence-corrected chi connectivity index (χ0v) is 13.1. The van der Waals surface area contributed by atoms with Crippen LogP contribution in [-0.2, 0) is 4.79 Å². The molecule has 1 rings (SSSR count). The lowest BCUT2D eigenvalue weighted by atomic mass is 10.1. The lowest BCUT2D eigenvalue weighted by Crippen LogP contribution is -2.24. The Morgan fingerprint density at radius 1 is 1.50 bits per heavy atom. The normalized spacial score (nSPS) is 11.9.